The van der Waals surface area contributed by atoms with Crippen LogP contribution in [0.4, 0.5) is 13.2 Å². The summed E-state index contributed by atoms with van der Waals surface area (Å²) in [6.45, 7) is -0.676. The van der Waals surface area contributed by atoms with Crippen molar-refractivity contribution in [3.63, 3.8) is 0 Å². The zero-order valence-electron chi connectivity index (χ0n) is 20.8. The van der Waals surface area contributed by atoms with Crippen molar-refractivity contribution in [3.05, 3.63) is 58.4 Å². The summed E-state index contributed by atoms with van der Waals surface area (Å²) in [6.07, 6.45) is -4.16. The molecule has 0 spiro atoms. The molecule has 2 aromatic heterocycles. The van der Waals surface area contributed by atoms with Crippen LogP contribution >= 0.6 is 0 Å². The molecule has 0 bridgehead atoms. The number of pyridine rings is 1. The average Bonchev–Trinajstić information content (AvgIpc) is 2.89. The second kappa shape index (κ2) is 10.5. The van der Waals surface area contributed by atoms with Crippen LogP contribution in [-0.4, -0.2) is 62.2 Å². The number of methoxy groups -OCH3 is 2. The molecule has 0 atom stereocenters. The minimum Gasteiger partial charge on any atom is -0.497 e. The van der Waals surface area contributed by atoms with Gasteiger partial charge in [0.1, 0.15) is 40.6 Å². The van der Waals surface area contributed by atoms with Gasteiger partial charge in [0.2, 0.25) is 0 Å². The molecule has 0 aliphatic heterocycles. The number of nitrogens with zero attached hydrogens (tertiary/aromatic N) is 2. The number of fused-ring (bicyclic) bond motifs is 1. The maximum absolute atomic E-state index is 14.1. The van der Waals surface area contributed by atoms with E-state index in [0.29, 0.717) is 11.8 Å². The number of benzene rings is 2. The minimum absolute atomic E-state index is 0.0116. The second-order valence-corrected chi connectivity index (χ2v) is 10.2. The number of nitrogens with one attached hydrogen (secondary N) is 1. The van der Waals surface area contributed by atoms with E-state index in [4.69, 9.17) is 14.2 Å². The van der Waals surface area contributed by atoms with Crippen molar-refractivity contribution >= 4 is 20.7 Å². The molecule has 39 heavy (non-hydrogen) atoms. The number of ether oxygens (including phenoxy) is 3. The summed E-state index contributed by atoms with van der Waals surface area (Å²) in [6, 6.07) is 8.19. The van der Waals surface area contributed by atoms with Crippen LogP contribution in [0.5, 0.6) is 17.2 Å². The van der Waals surface area contributed by atoms with Gasteiger partial charge in [-0.25, -0.2) is 18.4 Å². The molecule has 0 fully saturated rings. The fraction of sp³-hybridized carbons (Fsp3) is 0.240. The van der Waals surface area contributed by atoms with Crippen molar-refractivity contribution in [2.24, 2.45) is 0 Å². The first-order valence-electron chi connectivity index (χ1n) is 11.2. The highest BCUT2D eigenvalue weighted by Gasteiger charge is 2.36. The molecule has 0 aliphatic rings. The van der Waals surface area contributed by atoms with Crippen LogP contribution in [-0.2, 0) is 16.0 Å². The molecule has 4 aromatic rings. The maximum atomic E-state index is 14.1. The van der Waals surface area contributed by atoms with E-state index in [2.05, 4.69) is 15.0 Å². The molecule has 14 heteroatoms. The Morgan fingerprint density at radius 3 is 2.36 bits per heavy atom. The Morgan fingerprint density at radius 1 is 1.00 bits per heavy atom. The molecular formula is C25H22F3N3O7S. The fourth-order valence-corrected chi connectivity index (χ4v) is 4.50. The Balaban J connectivity index is 1.98. The highest BCUT2D eigenvalue weighted by Crippen LogP contribution is 2.41. The fourth-order valence-electron chi connectivity index (χ4n) is 3.85. The van der Waals surface area contributed by atoms with Crippen molar-refractivity contribution in [1.82, 2.24) is 15.0 Å². The molecule has 2 aromatic carbocycles. The molecule has 10 nitrogen and oxygen atoms in total. The largest absolute Gasteiger partial charge is 0.497 e. The monoisotopic (exact) mass is 565 g/mol. The first-order chi connectivity index (χ1) is 18.4. The van der Waals surface area contributed by atoms with Crippen molar-refractivity contribution in [2.75, 3.05) is 33.7 Å². The van der Waals surface area contributed by atoms with Crippen LogP contribution in [0, 0.1) is 0 Å². The third-order valence-electron chi connectivity index (χ3n) is 5.63. The van der Waals surface area contributed by atoms with Gasteiger partial charge in [0.25, 0.3) is 5.56 Å². The van der Waals surface area contributed by atoms with Gasteiger partial charge in [-0.2, -0.15) is 13.2 Å². The summed E-state index contributed by atoms with van der Waals surface area (Å²) < 4.78 is 82.1. The highest BCUT2D eigenvalue weighted by molar-refractivity contribution is 7.90. The van der Waals surface area contributed by atoms with Gasteiger partial charge in [0.05, 0.1) is 36.8 Å². The number of rotatable bonds is 8. The second-order valence-electron chi connectivity index (χ2n) is 8.23. The van der Waals surface area contributed by atoms with Crippen LogP contribution < -0.4 is 19.8 Å². The lowest BCUT2D eigenvalue weighted by Crippen LogP contribution is -2.13. The van der Waals surface area contributed by atoms with Gasteiger partial charge in [-0.15, -0.1) is 0 Å². The number of hydrogen-bond donors (Lipinski definition) is 2. The van der Waals surface area contributed by atoms with E-state index < -0.39 is 44.2 Å². The van der Waals surface area contributed by atoms with Gasteiger partial charge in [0.15, 0.2) is 15.7 Å². The van der Waals surface area contributed by atoms with E-state index >= 15 is 0 Å². The zero-order chi connectivity index (χ0) is 28.5. The number of hydrogen-bond acceptors (Lipinski definition) is 9. The Hall–Kier alpha value is -4.17. The summed E-state index contributed by atoms with van der Waals surface area (Å²) in [7, 11) is -1.17. The topological polar surface area (TPSA) is 141 Å². The molecule has 0 aliphatic carbocycles. The van der Waals surface area contributed by atoms with E-state index in [-0.39, 0.29) is 46.2 Å². The lowest BCUT2D eigenvalue weighted by Gasteiger charge is -2.17. The van der Waals surface area contributed by atoms with Crippen LogP contribution in [0.3, 0.4) is 0 Å². The van der Waals surface area contributed by atoms with E-state index in [1.807, 2.05) is 0 Å². The van der Waals surface area contributed by atoms with Crippen LogP contribution in [0.15, 0.2) is 52.2 Å². The number of aliphatic hydroxyl groups is 1. The molecule has 206 valence electrons. The molecule has 2 N–H and O–H groups in total. The van der Waals surface area contributed by atoms with Gasteiger partial charge in [0, 0.05) is 24.0 Å². The predicted molar refractivity (Wildman–Crippen MR) is 135 cm³/mol. The lowest BCUT2D eigenvalue weighted by atomic mass is 10.0. The Bertz CT molecular complexity index is 1720. The molecule has 0 radical (unpaired) electrons. The van der Waals surface area contributed by atoms with Crippen molar-refractivity contribution in [1.29, 1.82) is 0 Å². The molecule has 0 unspecified atom stereocenters. The smallest absolute Gasteiger partial charge is 0.417 e. The normalized spacial score (nSPS) is 12.0. The summed E-state index contributed by atoms with van der Waals surface area (Å²) in [5, 5.41) is 9.31. The number of aromatic nitrogens is 3. The SMILES string of the molecule is COc1cc(OC)c2c(=O)[nH]c(-c3ccc(OCCO)c(-c4ccc(S(C)(=O)=O)cc4C(F)(F)F)n3)nc2c1. The summed E-state index contributed by atoms with van der Waals surface area (Å²) in [5.74, 6) is 0.369. The number of halogens is 3. The molecule has 0 saturated carbocycles. The van der Waals surface area contributed by atoms with Crippen molar-refractivity contribution in [3.8, 4) is 40.0 Å². The van der Waals surface area contributed by atoms with Gasteiger partial charge in [-0.05, 0) is 24.3 Å². The van der Waals surface area contributed by atoms with E-state index in [9.17, 15) is 31.5 Å². The highest BCUT2D eigenvalue weighted by atomic mass is 32.2. The average molecular weight is 566 g/mol. The zero-order valence-corrected chi connectivity index (χ0v) is 21.6. The van der Waals surface area contributed by atoms with Crippen LogP contribution in [0.25, 0.3) is 33.7 Å². The van der Waals surface area contributed by atoms with E-state index in [1.54, 1.807) is 0 Å². The molecular weight excluding hydrogens is 543 g/mol. The Labute approximate surface area is 219 Å². The van der Waals surface area contributed by atoms with Crippen molar-refractivity contribution in [2.45, 2.75) is 11.1 Å². The molecule has 0 amide bonds. The lowest BCUT2D eigenvalue weighted by molar-refractivity contribution is -0.137. The molecule has 4 rings (SSSR count). The summed E-state index contributed by atoms with van der Waals surface area (Å²) in [5.41, 5.74) is -2.47. The van der Waals surface area contributed by atoms with Crippen LogP contribution in [0.2, 0.25) is 0 Å². The first kappa shape index (κ1) is 27.9. The standard InChI is InChI=1S/C25H22F3N3O7S/c1-36-13-10-18-21(20(11-13)37-2)24(33)31-23(30-18)17-6-7-19(38-9-8-32)22(29-17)15-5-4-14(39(3,34)35)12-16(15)25(26,27)28/h4-7,10-12,32H,8-9H2,1-3H3,(H,30,31,33). The van der Waals surface area contributed by atoms with Gasteiger partial charge in [-0.3, -0.25) is 4.79 Å². The molecule has 0 saturated heterocycles. The number of sulfone groups is 1. The Kier molecular flexibility index (Phi) is 7.52. The van der Waals surface area contributed by atoms with E-state index in [1.165, 1.54) is 38.5 Å². The summed E-state index contributed by atoms with van der Waals surface area (Å²) >= 11 is 0. The number of aliphatic hydroxyl groups excluding tert-OH is 1. The number of aromatic amines is 1. The Morgan fingerprint density at radius 2 is 1.74 bits per heavy atom. The molecule has 2 heterocycles. The maximum Gasteiger partial charge on any atom is 0.417 e. The number of H-pyrrole nitrogens is 1. The van der Waals surface area contributed by atoms with Crippen LogP contribution in [0.1, 0.15) is 5.56 Å². The third-order valence-corrected chi connectivity index (χ3v) is 6.74. The van der Waals surface area contributed by atoms with Crippen molar-refractivity contribution < 1.29 is 40.9 Å². The van der Waals surface area contributed by atoms with Gasteiger partial charge >= 0.3 is 6.18 Å². The minimum atomic E-state index is -4.95. The summed E-state index contributed by atoms with van der Waals surface area (Å²) in [4.78, 5) is 23.7. The first-order valence-corrected chi connectivity index (χ1v) is 13.1. The third kappa shape index (κ3) is 5.66. The van der Waals surface area contributed by atoms with Gasteiger partial charge < -0.3 is 24.3 Å². The predicted octanol–water partition coefficient (Wildman–Crippen LogP) is 3.46. The van der Waals surface area contributed by atoms with E-state index in [0.717, 1.165) is 18.4 Å². The van der Waals surface area contributed by atoms with Gasteiger partial charge in [-0.1, -0.05) is 6.07 Å². The number of alkyl halides is 3. The quantitative estimate of drug-likeness (QED) is 0.329.